The molecule has 0 aliphatic carbocycles. The number of halogens is 7. The molecule has 0 radical (unpaired) electrons. The van der Waals surface area contributed by atoms with Gasteiger partial charge in [-0.15, -0.1) is 0 Å². The zero-order valence-electron chi connectivity index (χ0n) is 18.0. The van der Waals surface area contributed by atoms with Gasteiger partial charge in [0.1, 0.15) is 19.0 Å². The van der Waals surface area contributed by atoms with Crippen LogP contribution in [0.2, 0.25) is 0 Å². The monoisotopic (exact) mass is 619 g/mol. The van der Waals surface area contributed by atoms with Gasteiger partial charge in [0.2, 0.25) is 13.5 Å². The Labute approximate surface area is 235 Å². The minimum Gasteiger partial charge on any atom is -0.444 e. The summed E-state index contributed by atoms with van der Waals surface area (Å²) < 4.78 is 19.5. The topological polar surface area (TPSA) is 89.0 Å². The molecule has 36 heavy (non-hydrogen) atoms. The number of aromatic nitrogens is 1. The molecule has 15 heteroatoms. The molecule has 1 aliphatic rings. The molecule has 8 nitrogen and oxygen atoms in total. The molecular formula is C21H16Cl6FN3O5. The molecule has 1 aromatic heterocycles. The smallest absolute Gasteiger partial charge is 0.425 e. The van der Waals surface area contributed by atoms with Crippen molar-refractivity contribution in [2.75, 3.05) is 29.6 Å². The third-order valence-electron chi connectivity index (χ3n) is 4.80. The number of pyridine rings is 1. The molecule has 0 saturated carbocycles. The summed E-state index contributed by atoms with van der Waals surface area (Å²) >= 11 is 33.7. The second-order valence-corrected chi connectivity index (χ2v) is 12.5. The van der Waals surface area contributed by atoms with Crippen molar-refractivity contribution in [2.45, 2.75) is 19.9 Å². The van der Waals surface area contributed by atoms with Crippen LogP contribution >= 0.6 is 69.6 Å². The molecule has 1 atom stereocenters. The Morgan fingerprint density at radius 3 is 2.19 bits per heavy atom. The summed E-state index contributed by atoms with van der Waals surface area (Å²) in [6.07, 6.45) is -1.22. The third kappa shape index (κ3) is 8.13. The van der Waals surface area contributed by atoms with E-state index in [1.807, 2.05) is 0 Å². The zero-order valence-corrected chi connectivity index (χ0v) is 22.5. The fraction of sp³-hybridized carbons (Fsp3) is 0.333. The van der Waals surface area contributed by atoms with Crippen LogP contribution in [0.25, 0.3) is 0 Å². The van der Waals surface area contributed by atoms with E-state index in [2.05, 4.69) is 4.98 Å². The van der Waals surface area contributed by atoms with Gasteiger partial charge in [0.25, 0.3) is 0 Å². The highest BCUT2D eigenvalue weighted by Crippen LogP contribution is 2.34. The quantitative estimate of drug-likeness (QED) is 0.351. The highest BCUT2D eigenvalue weighted by molar-refractivity contribution is 6.68. The lowest BCUT2D eigenvalue weighted by Crippen LogP contribution is -2.40. The van der Waals surface area contributed by atoms with Crippen molar-refractivity contribution >= 4 is 99.2 Å². The Morgan fingerprint density at radius 1 is 1.03 bits per heavy atom. The molecule has 1 unspecified atom stereocenters. The number of benzene rings is 1. The number of rotatable bonds is 5. The number of ether oxygens (including phenoxy) is 2. The van der Waals surface area contributed by atoms with Gasteiger partial charge < -0.3 is 14.4 Å². The number of amides is 3. The largest absolute Gasteiger partial charge is 0.444 e. The summed E-state index contributed by atoms with van der Waals surface area (Å²) in [6.45, 7) is -1.18. The predicted molar refractivity (Wildman–Crippen MR) is 136 cm³/mol. The number of nitrogens with zero attached hydrogens (tertiary/aromatic N) is 3. The number of hydrogen-bond donors (Lipinski definition) is 0. The van der Waals surface area contributed by atoms with Crippen LogP contribution in [0.1, 0.15) is 17.9 Å². The van der Waals surface area contributed by atoms with Crippen LogP contribution in [0, 0.1) is 5.82 Å². The molecule has 0 spiro atoms. The van der Waals surface area contributed by atoms with Gasteiger partial charge in [0.15, 0.2) is 5.82 Å². The number of carbonyl (C=O) groups excluding carboxylic acids is 3. The van der Waals surface area contributed by atoms with Crippen LogP contribution in [-0.2, 0) is 14.3 Å². The minimum absolute atomic E-state index is 0.126. The van der Waals surface area contributed by atoms with Gasteiger partial charge >= 0.3 is 12.2 Å². The fourth-order valence-corrected chi connectivity index (χ4v) is 3.64. The molecular weight excluding hydrogens is 606 g/mol. The molecule has 1 fully saturated rings. The van der Waals surface area contributed by atoms with E-state index in [4.69, 9.17) is 79.1 Å². The normalized spacial score (nSPS) is 16.1. The molecule has 3 amide bonds. The van der Waals surface area contributed by atoms with E-state index in [0.717, 1.165) is 0 Å². The first-order valence-electron chi connectivity index (χ1n) is 10.0. The van der Waals surface area contributed by atoms with E-state index < -0.39 is 38.8 Å². The van der Waals surface area contributed by atoms with E-state index in [9.17, 15) is 18.8 Å². The first-order chi connectivity index (χ1) is 16.7. The van der Waals surface area contributed by atoms with Crippen molar-refractivity contribution in [3.05, 3.63) is 54.0 Å². The van der Waals surface area contributed by atoms with Crippen molar-refractivity contribution in [2.24, 2.45) is 0 Å². The fourth-order valence-electron chi connectivity index (χ4n) is 3.32. The van der Waals surface area contributed by atoms with Crippen LogP contribution in [-0.4, -0.2) is 50.4 Å². The van der Waals surface area contributed by atoms with Gasteiger partial charge in [-0.3, -0.25) is 4.79 Å². The molecule has 3 rings (SSSR count). The molecule has 194 valence electrons. The maximum Gasteiger partial charge on any atom is 0.425 e. The van der Waals surface area contributed by atoms with Crippen LogP contribution in [0.15, 0.2) is 42.6 Å². The van der Waals surface area contributed by atoms with E-state index >= 15 is 0 Å². The van der Waals surface area contributed by atoms with E-state index in [0.29, 0.717) is 16.2 Å². The SMILES string of the molecule is O=C1CC(c2cccc(F)c2)CN1c1ccnc(N(C(=O)OCC(Cl)(Cl)Cl)C(=O)OCC(Cl)(Cl)Cl)c1. The molecule has 1 saturated heterocycles. The van der Waals surface area contributed by atoms with Crippen molar-refractivity contribution in [3.63, 3.8) is 0 Å². The molecule has 0 bridgehead atoms. The number of hydrogen-bond acceptors (Lipinski definition) is 6. The van der Waals surface area contributed by atoms with Crippen molar-refractivity contribution in [3.8, 4) is 0 Å². The summed E-state index contributed by atoms with van der Waals surface area (Å²) in [6, 6.07) is 8.73. The van der Waals surface area contributed by atoms with E-state index in [-0.39, 0.29) is 30.6 Å². The van der Waals surface area contributed by atoms with Crippen molar-refractivity contribution in [1.82, 2.24) is 4.98 Å². The Hall–Kier alpha value is -1.75. The number of carbonyl (C=O) groups is 3. The molecule has 0 N–H and O–H groups in total. The van der Waals surface area contributed by atoms with E-state index in [1.54, 1.807) is 12.1 Å². The van der Waals surface area contributed by atoms with Gasteiger partial charge in [0.05, 0.1) is 0 Å². The predicted octanol–water partition coefficient (Wildman–Crippen LogP) is 6.56. The van der Waals surface area contributed by atoms with Gasteiger partial charge in [-0.2, -0.15) is 4.90 Å². The third-order valence-corrected chi connectivity index (χ3v) is 5.45. The second kappa shape index (κ2) is 11.8. The highest BCUT2D eigenvalue weighted by Gasteiger charge is 2.35. The highest BCUT2D eigenvalue weighted by atomic mass is 35.6. The van der Waals surface area contributed by atoms with Crippen molar-refractivity contribution in [1.29, 1.82) is 0 Å². The second-order valence-electron chi connectivity index (χ2n) is 7.51. The summed E-state index contributed by atoms with van der Waals surface area (Å²) in [4.78, 5) is 43.9. The summed E-state index contributed by atoms with van der Waals surface area (Å²) in [5.41, 5.74) is 0.963. The Bertz CT molecular complexity index is 1110. The minimum atomic E-state index is -1.97. The maximum atomic E-state index is 13.7. The standard InChI is InChI=1S/C21H16Cl6FN3O5/c22-20(23,24)10-35-18(33)31(19(34)36-11-21(25,26)27)16-8-15(4-5-29-16)30-9-13(7-17(30)32)12-2-1-3-14(28)6-12/h1-6,8,13H,7,9-11H2. The number of anilines is 2. The molecule has 2 aromatic rings. The lowest BCUT2D eigenvalue weighted by Gasteiger charge is -2.23. The summed E-state index contributed by atoms with van der Waals surface area (Å²) in [7, 11) is 0. The number of imide groups is 1. The van der Waals surface area contributed by atoms with E-state index in [1.165, 1.54) is 35.4 Å². The summed E-state index contributed by atoms with van der Waals surface area (Å²) in [5, 5.41) is 0. The van der Waals surface area contributed by atoms with Crippen molar-refractivity contribution < 1.29 is 28.2 Å². The van der Waals surface area contributed by atoms with Gasteiger partial charge in [-0.05, 0) is 23.8 Å². The Kier molecular flexibility index (Phi) is 9.41. The lowest BCUT2D eigenvalue weighted by atomic mass is 9.98. The van der Waals surface area contributed by atoms with Crippen LogP contribution in [0.3, 0.4) is 0 Å². The Morgan fingerprint density at radius 2 is 1.64 bits per heavy atom. The Balaban J connectivity index is 1.86. The van der Waals surface area contributed by atoms with Gasteiger partial charge in [-0.25, -0.2) is 19.0 Å². The molecule has 2 heterocycles. The first kappa shape index (κ1) is 28.8. The first-order valence-corrected chi connectivity index (χ1v) is 12.3. The zero-order chi connectivity index (χ0) is 26.7. The van der Waals surface area contributed by atoms with Crippen LogP contribution in [0.4, 0.5) is 25.5 Å². The average molecular weight is 622 g/mol. The average Bonchev–Trinajstić information content (AvgIpc) is 3.17. The molecule has 1 aliphatic heterocycles. The maximum absolute atomic E-state index is 13.7. The van der Waals surface area contributed by atoms with Gasteiger partial charge in [0, 0.05) is 36.8 Å². The molecule has 1 aromatic carbocycles. The summed E-state index contributed by atoms with van der Waals surface area (Å²) in [5.74, 6) is -1.23. The van der Waals surface area contributed by atoms with Crippen LogP contribution < -0.4 is 9.80 Å². The van der Waals surface area contributed by atoms with Gasteiger partial charge in [-0.1, -0.05) is 81.7 Å². The van der Waals surface area contributed by atoms with Crippen LogP contribution in [0.5, 0.6) is 0 Å². The number of alkyl halides is 6. The lowest BCUT2D eigenvalue weighted by molar-refractivity contribution is -0.117.